The third kappa shape index (κ3) is 3.12. The molecule has 4 bridgehead atoms. The molecule has 0 spiro atoms. The summed E-state index contributed by atoms with van der Waals surface area (Å²) in [7, 11) is 0. The average molecular weight is 313 g/mol. The van der Waals surface area contributed by atoms with E-state index in [0.29, 0.717) is 5.41 Å². The summed E-state index contributed by atoms with van der Waals surface area (Å²) in [6.07, 6.45) is 10.8. The standard InChI is InChI=1S/C19H23NO3/c21-20(22)5-4-14-2-1-3-18(9-14)23-13-19-10-15-6-16(11-19)8-17(7-15)12-19/h1-5,9,15-17H,6-8,10-13H2. The molecule has 0 aromatic heterocycles. The number of hydrogen-bond donors (Lipinski definition) is 0. The van der Waals surface area contributed by atoms with Gasteiger partial charge in [0, 0.05) is 11.5 Å². The molecule has 1 aromatic carbocycles. The number of nitro groups is 1. The van der Waals surface area contributed by atoms with Crippen molar-refractivity contribution >= 4 is 6.08 Å². The summed E-state index contributed by atoms with van der Waals surface area (Å²) in [5.41, 5.74) is 1.20. The van der Waals surface area contributed by atoms with Gasteiger partial charge in [0.25, 0.3) is 0 Å². The average Bonchev–Trinajstić information content (AvgIpc) is 2.50. The van der Waals surface area contributed by atoms with Gasteiger partial charge >= 0.3 is 0 Å². The van der Waals surface area contributed by atoms with E-state index in [4.69, 9.17) is 4.74 Å². The Morgan fingerprint density at radius 3 is 2.43 bits per heavy atom. The van der Waals surface area contributed by atoms with Gasteiger partial charge in [0.2, 0.25) is 6.20 Å². The first-order valence-corrected chi connectivity index (χ1v) is 8.65. The molecule has 0 N–H and O–H groups in total. The largest absolute Gasteiger partial charge is 0.493 e. The van der Waals surface area contributed by atoms with Crippen LogP contribution in [-0.4, -0.2) is 11.5 Å². The number of hydrogen-bond acceptors (Lipinski definition) is 3. The normalized spacial score (nSPS) is 34.9. The topological polar surface area (TPSA) is 52.4 Å². The summed E-state index contributed by atoms with van der Waals surface area (Å²) in [6, 6.07) is 7.59. The van der Waals surface area contributed by atoms with Crippen molar-refractivity contribution in [2.24, 2.45) is 23.2 Å². The van der Waals surface area contributed by atoms with E-state index in [1.54, 1.807) is 0 Å². The van der Waals surface area contributed by atoms with Crippen molar-refractivity contribution in [2.75, 3.05) is 6.61 Å². The highest BCUT2D eigenvalue weighted by atomic mass is 16.6. The number of ether oxygens (including phenoxy) is 1. The second-order valence-corrected chi connectivity index (χ2v) is 7.88. The first kappa shape index (κ1) is 14.7. The summed E-state index contributed by atoms with van der Waals surface area (Å²) < 4.78 is 6.13. The fraction of sp³-hybridized carbons (Fsp3) is 0.579. The minimum absolute atomic E-state index is 0.390. The van der Waals surface area contributed by atoms with E-state index in [-0.39, 0.29) is 0 Å². The molecule has 4 fully saturated rings. The van der Waals surface area contributed by atoms with Crippen molar-refractivity contribution < 1.29 is 9.66 Å². The van der Waals surface area contributed by atoms with Crippen LogP contribution in [0.4, 0.5) is 0 Å². The highest BCUT2D eigenvalue weighted by Gasteiger charge is 2.51. The molecule has 0 amide bonds. The molecule has 4 aliphatic carbocycles. The smallest absolute Gasteiger partial charge is 0.235 e. The van der Waals surface area contributed by atoms with Crippen molar-refractivity contribution in [1.29, 1.82) is 0 Å². The Hall–Kier alpha value is -1.84. The molecule has 0 heterocycles. The molecule has 0 unspecified atom stereocenters. The van der Waals surface area contributed by atoms with Crippen molar-refractivity contribution in [3.8, 4) is 5.75 Å². The van der Waals surface area contributed by atoms with E-state index >= 15 is 0 Å². The first-order valence-electron chi connectivity index (χ1n) is 8.65. The number of benzene rings is 1. The molecule has 122 valence electrons. The molecule has 0 radical (unpaired) electrons. The van der Waals surface area contributed by atoms with Crippen LogP contribution in [0.1, 0.15) is 44.1 Å². The van der Waals surface area contributed by atoms with Crippen LogP contribution in [0.15, 0.2) is 30.5 Å². The predicted molar refractivity (Wildman–Crippen MR) is 88.6 cm³/mol. The molecule has 23 heavy (non-hydrogen) atoms. The Kier molecular flexibility index (Phi) is 3.63. The second-order valence-electron chi connectivity index (χ2n) is 7.88. The van der Waals surface area contributed by atoms with Gasteiger partial charge in [0.1, 0.15) is 5.75 Å². The molecular weight excluding hydrogens is 290 g/mol. The molecule has 0 saturated heterocycles. The molecule has 4 aliphatic rings. The molecule has 0 aliphatic heterocycles. The van der Waals surface area contributed by atoms with E-state index in [1.807, 2.05) is 24.3 Å². The van der Waals surface area contributed by atoms with Crippen LogP contribution in [-0.2, 0) is 0 Å². The SMILES string of the molecule is O=[N+]([O-])C=Cc1cccc(OCC23CC4CC(CC(C4)C2)C3)c1. The summed E-state index contributed by atoms with van der Waals surface area (Å²) in [6.45, 7) is 0.804. The lowest BCUT2D eigenvalue weighted by Gasteiger charge is -2.56. The fourth-order valence-corrected chi connectivity index (χ4v) is 5.56. The van der Waals surface area contributed by atoms with Crippen LogP contribution >= 0.6 is 0 Å². The lowest BCUT2D eigenvalue weighted by Crippen LogP contribution is -2.48. The van der Waals surface area contributed by atoms with Crippen molar-refractivity contribution in [1.82, 2.24) is 0 Å². The van der Waals surface area contributed by atoms with E-state index < -0.39 is 4.92 Å². The first-order chi connectivity index (χ1) is 11.1. The zero-order valence-electron chi connectivity index (χ0n) is 13.3. The van der Waals surface area contributed by atoms with Gasteiger partial charge in [-0.25, -0.2) is 0 Å². The quantitative estimate of drug-likeness (QED) is 0.593. The van der Waals surface area contributed by atoms with Gasteiger partial charge < -0.3 is 4.74 Å². The fourth-order valence-electron chi connectivity index (χ4n) is 5.56. The number of rotatable bonds is 5. The maximum Gasteiger partial charge on any atom is 0.235 e. The van der Waals surface area contributed by atoms with Crippen molar-refractivity contribution in [3.63, 3.8) is 0 Å². The van der Waals surface area contributed by atoms with Crippen LogP contribution in [0.2, 0.25) is 0 Å². The molecule has 4 saturated carbocycles. The van der Waals surface area contributed by atoms with Crippen molar-refractivity contribution in [3.05, 3.63) is 46.1 Å². The van der Waals surface area contributed by atoms with Gasteiger partial charge in [0.05, 0.1) is 11.5 Å². The van der Waals surface area contributed by atoms with Gasteiger partial charge in [-0.3, -0.25) is 10.1 Å². The van der Waals surface area contributed by atoms with Crippen molar-refractivity contribution in [2.45, 2.75) is 38.5 Å². The highest BCUT2D eigenvalue weighted by Crippen LogP contribution is 2.60. The third-order valence-corrected chi connectivity index (χ3v) is 5.96. The molecule has 1 aromatic rings. The molecule has 4 heteroatoms. The zero-order valence-corrected chi connectivity index (χ0v) is 13.3. The third-order valence-electron chi connectivity index (χ3n) is 5.96. The Balaban J connectivity index is 1.43. The lowest BCUT2D eigenvalue weighted by atomic mass is 9.50. The maximum absolute atomic E-state index is 10.4. The Morgan fingerprint density at radius 1 is 1.17 bits per heavy atom. The van der Waals surface area contributed by atoms with E-state index in [9.17, 15) is 10.1 Å². The van der Waals surface area contributed by atoms with Gasteiger partial charge in [-0.1, -0.05) is 12.1 Å². The minimum atomic E-state index is -0.442. The maximum atomic E-state index is 10.4. The van der Waals surface area contributed by atoms with Crippen LogP contribution < -0.4 is 4.74 Å². The van der Waals surface area contributed by atoms with Gasteiger partial charge in [-0.05, 0) is 74.0 Å². The summed E-state index contributed by atoms with van der Waals surface area (Å²) in [4.78, 5) is 9.99. The van der Waals surface area contributed by atoms with E-state index in [0.717, 1.165) is 41.9 Å². The van der Waals surface area contributed by atoms with Gasteiger partial charge in [-0.2, -0.15) is 0 Å². The lowest BCUT2D eigenvalue weighted by molar-refractivity contribution is -0.400. The minimum Gasteiger partial charge on any atom is -0.493 e. The molecule has 0 atom stereocenters. The summed E-state index contributed by atoms with van der Waals surface area (Å²) in [5, 5.41) is 10.4. The zero-order chi connectivity index (χ0) is 15.9. The Bertz CT molecular complexity index is 602. The Labute approximate surface area is 136 Å². The highest BCUT2D eigenvalue weighted by molar-refractivity contribution is 5.50. The van der Waals surface area contributed by atoms with Crippen LogP contribution in [0.25, 0.3) is 6.08 Å². The summed E-state index contributed by atoms with van der Waals surface area (Å²) in [5.74, 6) is 3.61. The molecule has 5 rings (SSSR count). The Morgan fingerprint density at radius 2 is 1.83 bits per heavy atom. The predicted octanol–water partition coefficient (Wildman–Crippen LogP) is 4.53. The van der Waals surface area contributed by atoms with E-state index in [1.165, 1.54) is 44.6 Å². The molecule has 4 nitrogen and oxygen atoms in total. The number of nitrogens with zero attached hydrogens (tertiary/aromatic N) is 1. The second kappa shape index (κ2) is 5.66. The summed E-state index contributed by atoms with van der Waals surface area (Å²) >= 11 is 0. The molecular formula is C19H23NO3. The van der Waals surface area contributed by atoms with Gasteiger partial charge in [-0.15, -0.1) is 0 Å². The van der Waals surface area contributed by atoms with Crippen LogP contribution in [0, 0.1) is 33.3 Å². The van der Waals surface area contributed by atoms with E-state index in [2.05, 4.69) is 0 Å². The van der Waals surface area contributed by atoms with Crippen LogP contribution in [0.3, 0.4) is 0 Å². The van der Waals surface area contributed by atoms with Gasteiger partial charge in [0.15, 0.2) is 0 Å². The van der Waals surface area contributed by atoms with Crippen LogP contribution in [0.5, 0.6) is 5.75 Å². The monoisotopic (exact) mass is 313 g/mol.